The topological polar surface area (TPSA) is 52.9 Å². The van der Waals surface area contributed by atoms with E-state index >= 15 is 0 Å². The van der Waals surface area contributed by atoms with E-state index < -0.39 is 12.2 Å². The second-order valence-electron chi connectivity index (χ2n) is 7.87. The van der Waals surface area contributed by atoms with E-state index in [1.165, 1.54) is 0 Å². The fraction of sp³-hybridized carbons (Fsp3) is 0.455. The van der Waals surface area contributed by atoms with Crippen molar-refractivity contribution in [2.45, 2.75) is 44.0 Å². The maximum atomic E-state index is 10.7. The number of fused-ring (bicyclic) bond motifs is 1. The van der Waals surface area contributed by atoms with Crippen molar-refractivity contribution in [2.75, 3.05) is 19.6 Å². The van der Waals surface area contributed by atoms with Crippen LogP contribution in [-0.2, 0) is 0 Å². The van der Waals surface area contributed by atoms with E-state index in [4.69, 9.17) is 16.3 Å². The first kappa shape index (κ1) is 18.8. The first-order chi connectivity index (χ1) is 13.0. The fourth-order valence-corrected chi connectivity index (χ4v) is 4.40. The van der Waals surface area contributed by atoms with Gasteiger partial charge < -0.3 is 19.8 Å². The summed E-state index contributed by atoms with van der Waals surface area (Å²) in [6.07, 6.45) is 1.24. The quantitative estimate of drug-likeness (QED) is 0.834. The van der Waals surface area contributed by atoms with Gasteiger partial charge in [-0.05, 0) is 43.0 Å². The van der Waals surface area contributed by atoms with E-state index in [9.17, 15) is 10.2 Å². The molecule has 2 aromatic carbocycles. The highest BCUT2D eigenvalue weighted by Crippen LogP contribution is 2.45. The van der Waals surface area contributed by atoms with Crippen LogP contribution >= 0.6 is 11.6 Å². The molecule has 0 bridgehead atoms. The molecule has 4 nitrogen and oxygen atoms in total. The highest BCUT2D eigenvalue weighted by atomic mass is 35.5. The van der Waals surface area contributed by atoms with Gasteiger partial charge in [0.05, 0.1) is 12.2 Å². The smallest absolute Gasteiger partial charge is 0.126 e. The van der Waals surface area contributed by atoms with Crippen molar-refractivity contribution >= 4 is 11.6 Å². The molecule has 1 fully saturated rings. The van der Waals surface area contributed by atoms with Crippen molar-refractivity contribution in [3.63, 3.8) is 0 Å². The van der Waals surface area contributed by atoms with Crippen LogP contribution in [0.4, 0.5) is 0 Å². The van der Waals surface area contributed by atoms with E-state index in [1.807, 2.05) is 49.4 Å². The molecule has 0 aromatic heterocycles. The minimum Gasteiger partial charge on any atom is -0.487 e. The molecule has 2 aliphatic rings. The zero-order valence-corrected chi connectivity index (χ0v) is 16.3. The summed E-state index contributed by atoms with van der Waals surface area (Å²) in [5.74, 6) is 0.758. The highest BCUT2D eigenvalue weighted by Gasteiger charge is 2.43. The van der Waals surface area contributed by atoms with Crippen LogP contribution in [0.25, 0.3) is 0 Å². The lowest BCUT2D eigenvalue weighted by Gasteiger charge is -2.46. The Bertz CT molecular complexity index is 803. The number of β-amino-alcohol motifs (C(OH)–C–C–N with tert-alkyl or cyclic N) is 1. The summed E-state index contributed by atoms with van der Waals surface area (Å²) in [7, 11) is 0. The Morgan fingerprint density at radius 1 is 1.22 bits per heavy atom. The monoisotopic (exact) mass is 387 g/mol. The molecule has 2 heterocycles. The van der Waals surface area contributed by atoms with Crippen LogP contribution < -0.4 is 4.74 Å². The maximum Gasteiger partial charge on any atom is 0.126 e. The van der Waals surface area contributed by atoms with Gasteiger partial charge >= 0.3 is 0 Å². The van der Waals surface area contributed by atoms with Gasteiger partial charge in [0.2, 0.25) is 0 Å². The summed E-state index contributed by atoms with van der Waals surface area (Å²) in [5.41, 5.74) is 2.37. The van der Waals surface area contributed by atoms with Gasteiger partial charge in [-0.25, -0.2) is 0 Å². The zero-order valence-electron chi connectivity index (χ0n) is 15.6. The number of nitrogens with zero attached hydrogens (tertiary/aromatic N) is 1. The van der Waals surface area contributed by atoms with E-state index in [0.29, 0.717) is 18.0 Å². The van der Waals surface area contributed by atoms with Gasteiger partial charge in [0, 0.05) is 36.6 Å². The van der Waals surface area contributed by atoms with Crippen molar-refractivity contribution in [1.29, 1.82) is 0 Å². The molecule has 0 amide bonds. The fourth-order valence-electron chi connectivity index (χ4n) is 4.23. The minimum absolute atomic E-state index is 0.332. The Balaban J connectivity index is 1.42. The first-order valence-electron chi connectivity index (χ1n) is 9.58. The molecule has 1 saturated heterocycles. The van der Waals surface area contributed by atoms with Crippen LogP contribution in [0, 0.1) is 6.92 Å². The average molecular weight is 388 g/mol. The Labute approximate surface area is 165 Å². The highest BCUT2D eigenvalue weighted by molar-refractivity contribution is 6.31. The standard InChI is InChI=1S/C22H26ClNO3/c1-15-11-21-17(12-18(15)23)19(25)13-22(27-21)7-9-24(10-8-22)14-20(26)16-5-3-2-4-6-16/h2-6,11-12,19-20,25-26H,7-10,13-14H2,1H3. The number of hydrogen-bond donors (Lipinski definition) is 2. The maximum absolute atomic E-state index is 10.7. The lowest BCUT2D eigenvalue weighted by atomic mass is 9.81. The van der Waals surface area contributed by atoms with Crippen molar-refractivity contribution in [2.24, 2.45) is 0 Å². The molecule has 4 rings (SSSR count). The summed E-state index contributed by atoms with van der Waals surface area (Å²) in [6, 6.07) is 13.5. The number of likely N-dealkylation sites (tertiary alicyclic amines) is 1. The summed E-state index contributed by atoms with van der Waals surface area (Å²) >= 11 is 6.21. The molecule has 5 heteroatoms. The number of rotatable bonds is 3. The van der Waals surface area contributed by atoms with Crippen LogP contribution in [-0.4, -0.2) is 40.3 Å². The SMILES string of the molecule is Cc1cc2c(cc1Cl)C(O)CC1(CCN(CC(O)c3ccccc3)CC1)O2. The predicted molar refractivity (Wildman–Crippen MR) is 106 cm³/mol. The largest absolute Gasteiger partial charge is 0.487 e. The first-order valence-corrected chi connectivity index (χ1v) is 9.96. The third-order valence-electron chi connectivity index (χ3n) is 5.92. The summed E-state index contributed by atoms with van der Waals surface area (Å²) in [6.45, 7) is 4.26. The van der Waals surface area contributed by atoms with Crippen LogP contribution in [0.3, 0.4) is 0 Å². The van der Waals surface area contributed by atoms with Crippen LogP contribution in [0.2, 0.25) is 5.02 Å². The zero-order chi connectivity index (χ0) is 19.0. The van der Waals surface area contributed by atoms with Crippen molar-refractivity contribution < 1.29 is 14.9 Å². The van der Waals surface area contributed by atoms with Gasteiger partial charge in [-0.15, -0.1) is 0 Å². The molecular formula is C22H26ClNO3. The lowest BCUT2D eigenvalue weighted by Crippen LogP contribution is -2.51. The second kappa shape index (κ2) is 7.44. The number of piperidine rings is 1. The molecule has 0 aliphatic carbocycles. The molecule has 2 aromatic rings. The van der Waals surface area contributed by atoms with Gasteiger partial charge in [0.1, 0.15) is 11.4 Å². The Morgan fingerprint density at radius 2 is 1.93 bits per heavy atom. The molecule has 2 aliphatic heterocycles. The molecule has 2 atom stereocenters. The molecule has 2 N–H and O–H groups in total. The summed E-state index contributed by atoms with van der Waals surface area (Å²) in [4.78, 5) is 2.28. The van der Waals surface area contributed by atoms with E-state index in [-0.39, 0.29) is 5.60 Å². The van der Waals surface area contributed by atoms with Gasteiger partial charge in [-0.3, -0.25) is 0 Å². The molecule has 0 saturated carbocycles. The Kier molecular flexibility index (Phi) is 5.17. The predicted octanol–water partition coefficient (Wildman–Crippen LogP) is 4.03. The number of aliphatic hydroxyl groups is 2. The molecule has 27 heavy (non-hydrogen) atoms. The molecular weight excluding hydrogens is 362 g/mol. The number of hydrogen-bond acceptors (Lipinski definition) is 4. The summed E-state index contributed by atoms with van der Waals surface area (Å²) in [5, 5.41) is 21.8. The number of ether oxygens (including phenoxy) is 1. The summed E-state index contributed by atoms with van der Waals surface area (Å²) < 4.78 is 6.40. The van der Waals surface area contributed by atoms with Crippen LogP contribution in [0.1, 0.15) is 48.2 Å². The van der Waals surface area contributed by atoms with Crippen molar-refractivity contribution in [3.8, 4) is 5.75 Å². The van der Waals surface area contributed by atoms with Crippen molar-refractivity contribution in [3.05, 3.63) is 64.2 Å². The number of benzene rings is 2. The van der Waals surface area contributed by atoms with Gasteiger partial charge in [-0.2, -0.15) is 0 Å². The molecule has 2 unspecified atom stereocenters. The number of halogens is 1. The molecule has 0 radical (unpaired) electrons. The Hall–Kier alpha value is -1.59. The van der Waals surface area contributed by atoms with Crippen LogP contribution in [0.15, 0.2) is 42.5 Å². The minimum atomic E-state index is -0.548. The number of aryl methyl sites for hydroxylation is 1. The van der Waals surface area contributed by atoms with Crippen molar-refractivity contribution in [1.82, 2.24) is 4.90 Å². The number of aliphatic hydroxyl groups excluding tert-OH is 2. The molecule has 1 spiro atoms. The average Bonchev–Trinajstić information content (AvgIpc) is 2.66. The van der Waals surface area contributed by atoms with E-state index in [1.54, 1.807) is 0 Å². The third-order valence-corrected chi connectivity index (χ3v) is 6.33. The lowest BCUT2D eigenvalue weighted by molar-refractivity contribution is -0.0588. The van der Waals surface area contributed by atoms with Crippen LogP contribution in [0.5, 0.6) is 5.75 Å². The Morgan fingerprint density at radius 3 is 2.63 bits per heavy atom. The van der Waals surface area contributed by atoms with Gasteiger partial charge in [0.15, 0.2) is 0 Å². The van der Waals surface area contributed by atoms with Gasteiger partial charge in [0.25, 0.3) is 0 Å². The molecule has 144 valence electrons. The van der Waals surface area contributed by atoms with E-state index in [0.717, 1.165) is 48.4 Å². The van der Waals surface area contributed by atoms with E-state index in [2.05, 4.69) is 4.90 Å². The third kappa shape index (κ3) is 3.85. The van der Waals surface area contributed by atoms with Gasteiger partial charge in [-0.1, -0.05) is 41.9 Å². The second-order valence-corrected chi connectivity index (χ2v) is 8.28. The normalized spacial score (nSPS) is 22.9.